The second-order valence-electron chi connectivity index (χ2n) is 3.99. The lowest BCUT2D eigenvalue weighted by atomic mass is 10.2. The van der Waals surface area contributed by atoms with Crippen molar-refractivity contribution in [2.45, 2.75) is 32.4 Å². The summed E-state index contributed by atoms with van der Waals surface area (Å²) in [6.45, 7) is 2.28. The molecule has 1 atom stereocenters. The van der Waals surface area contributed by atoms with Crippen molar-refractivity contribution in [2.75, 3.05) is 7.11 Å². The van der Waals surface area contributed by atoms with Gasteiger partial charge in [-0.2, -0.15) is 0 Å². The minimum atomic E-state index is -0.0304. The zero-order chi connectivity index (χ0) is 12.7. The molecule has 17 heavy (non-hydrogen) atoms. The van der Waals surface area contributed by atoms with Crippen molar-refractivity contribution in [1.29, 1.82) is 0 Å². The highest BCUT2D eigenvalue weighted by Crippen LogP contribution is 2.14. The Bertz CT molecular complexity index is 365. The molecule has 0 fully saturated rings. The molecule has 0 aromatic heterocycles. The van der Waals surface area contributed by atoms with Crippen LogP contribution in [0.4, 0.5) is 0 Å². The molecule has 0 spiro atoms. The van der Waals surface area contributed by atoms with Crippen LogP contribution in [0.25, 0.3) is 0 Å². The van der Waals surface area contributed by atoms with Gasteiger partial charge in [0.15, 0.2) is 0 Å². The fourth-order valence-corrected chi connectivity index (χ4v) is 1.39. The zero-order valence-corrected chi connectivity index (χ0v) is 10.3. The van der Waals surface area contributed by atoms with Crippen molar-refractivity contribution >= 4 is 5.91 Å². The van der Waals surface area contributed by atoms with E-state index in [0.717, 1.165) is 5.56 Å². The number of hydrogen-bond donors (Lipinski definition) is 2. The molecule has 2 N–H and O–H groups in total. The van der Waals surface area contributed by atoms with E-state index in [2.05, 4.69) is 5.32 Å². The largest absolute Gasteiger partial charge is 0.508 e. The number of phenolic OH excluding ortho intramolecular Hbond substituents is 1. The van der Waals surface area contributed by atoms with Crippen molar-refractivity contribution in [2.24, 2.45) is 0 Å². The van der Waals surface area contributed by atoms with E-state index in [9.17, 15) is 9.90 Å². The van der Waals surface area contributed by atoms with Gasteiger partial charge in [0.1, 0.15) is 5.75 Å². The number of carbonyl (C=O) groups excluding carboxylic acids is 1. The van der Waals surface area contributed by atoms with Crippen LogP contribution in [0.1, 0.15) is 25.3 Å². The lowest BCUT2D eigenvalue weighted by Crippen LogP contribution is -2.23. The Morgan fingerprint density at radius 3 is 2.82 bits per heavy atom. The van der Waals surface area contributed by atoms with Crippen LogP contribution < -0.4 is 5.32 Å². The molecule has 1 rings (SSSR count). The summed E-state index contributed by atoms with van der Waals surface area (Å²) in [5.41, 5.74) is 0.723. The number of rotatable bonds is 6. The van der Waals surface area contributed by atoms with E-state index in [4.69, 9.17) is 4.74 Å². The molecule has 4 heteroatoms. The number of para-hydroxylation sites is 1. The van der Waals surface area contributed by atoms with Crippen LogP contribution in [0.3, 0.4) is 0 Å². The van der Waals surface area contributed by atoms with E-state index in [1.165, 1.54) is 0 Å². The molecule has 0 radical (unpaired) electrons. The summed E-state index contributed by atoms with van der Waals surface area (Å²) >= 11 is 0. The van der Waals surface area contributed by atoms with Crippen molar-refractivity contribution in [3.63, 3.8) is 0 Å². The molecular weight excluding hydrogens is 218 g/mol. The molecule has 0 saturated carbocycles. The van der Waals surface area contributed by atoms with E-state index in [1.54, 1.807) is 25.3 Å². The van der Waals surface area contributed by atoms with Crippen LogP contribution in [0.2, 0.25) is 0 Å². The van der Waals surface area contributed by atoms with E-state index in [-0.39, 0.29) is 17.8 Å². The maximum absolute atomic E-state index is 11.5. The minimum Gasteiger partial charge on any atom is -0.508 e. The van der Waals surface area contributed by atoms with Crippen LogP contribution in [0.15, 0.2) is 24.3 Å². The molecule has 94 valence electrons. The second-order valence-corrected chi connectivity index (χ2v) is 3.99. The highest BCUT2D eigenvalue weighted by molar-refractivity contribution is 5.75. The quantitative estimate of drug-likeness (QED) is 0.793. The summed E-state index contributed by atoms with van der Waals surface area (Å²) in [7, 11) is 1.63. The predicted octanol–water partition coefficient (Wildman–Crippen LogP) is 1.82. The van der Waals surface area contributed by atoms with Crippen molar-refractivity contribution in [3.8, 4) is 5.75 Å². The van der Waals surface area contributed by atoms with Crippen LogP contribution >= 0.6 is 0 Å². The van der Waals surface area contributed by atoms with Gasteiger partial charge in [-0.1, -0.05) is 18.2 Å². The van der Waals surface area contributed by atoms with Crippen LogP contribution in [0, 0.1) is 0 Å². The smallest absolute Gasteiger partial charge is 0.220 e. The number of hydrogen-bond acceptors (Lipinski definition) is 3. The van der Waals surface area contributed by atoms with Crippen LogP contribution in [0.5, 0.6) is 5.75 Å². The Kier molecular flexibility index (Phi) is 5.49. The Morgan fingerprint density at radius 2 is 2.18 bits per heavy atom. The number of methoxy groups -OCH3 is 1. The molecule has 4 nitrogen and oxygen atoms in total. The van der Waals surface area contributed by atoms with Gasteiger partial charge in [0, 0.05) is 25.6 Å². The summed E-state index contributed by atoms with van der Waals surface area (Å²) in [5.74, 6) is 0.176. The maximum Gasteiger partial charge on any atom is 0.220 e. The van der Waals surface area contributed by atoms with E-state index in [0.29, 0.717) is 19.4 Å². The first-order chi connectivity index (χ1) is 8.13. The van der Waals surface area contributed by atoms with Gasteiger partial charge in [0.05, 0.1) is 6.10 Å². The van der Waals surface area contributed by atoms with E-state index < -0.39 is 0 Å². The van der Waals surface area contributed by atoms with Crippen molar-refractivity contribution in [3.05, 3.63) is 29.8 Å². The molecule has 1 aromatic rings. The molecule has 0 saturated heterocycles. The first-order valence-electron chi connectivity index (χ1n) is 5.70. The van der Waals surface area contributed by atoms with Gasteiger partial charge in [-0.3, -0.25) is 4.79 Å². The number of amides is 1. The Hall–Kier alpha value is -1.55. The molecule has 1 amide bonds. The number of phenols is 1. The molecule has 0 aliphatic rings. The SMILES string of the molecule is COC(C)CCC(=O)NCc1ccccc1O. The van der Waals surface area contributed by atoms with Gasteiger partial charge in [-0.25, -0.2) is 0 Å². The average molecular weight is 237 g/mol. The second kappa shape index (κ2) is 6.91. The molecule has 0 bridgehead atoms. The first-order valence-corrected chi connectivity index (χ1v) is 5.70. The number of benzene rings is 1. The minimum absolute atomic E-state index is 0.0304. The van der Waals surface area contributed by atoms with Crippen LogP contribution in [-0.4, -0.2) is 24.2 Å². The average Bonchev–Trinajstić information content (AvgIpc) is 2.35. The highest BCUT2D eigenvalue weighted by Gasteiger charge is 2.06. The molecule has 1 unspecified atom stereocenters. The van der Waals surface area contributed by atoms with E-state index in [1.807, 2.05) is 13.0 Å². The number of aromatic hydroxyl groups is 1. The number of ether oxygens (including phenoxy) is 1. The van der Waals surface area contributed by atoms with Gasteiger partial charge in [0.25, 0.3) is 0 Å². The van der Waals surface area contributed by atoms with Gasteiger partial charge < -0.3 is 15.2 Å². The molecule has 1 aromatic carbocycles. The van der Waals surface area contributed by atoms with E-state index >= 15 is 0 Å². The van der Waals surface area contributed by atoms with Gasteiger partial charge in [-0.15, -0.1) is 0 Å². The topological polar surface area (TPSA) is 58.6 Å². The summed E-state index contributed by atoms with van der Waals surface area (Å²) in [6.07, 6.45) is 1.22. The molecular formula is C13H19NO3. The summed E-state index contributed by atoms with van der Waals surface area (Å²) in [6, 6.07) is 6.97. The van der Waals surface area contributed by atoms with Gasteiger partial charge in [0.2, 0.25) is 5.91 Å². The van der Waals surface area contributed by atoms with Crippen molar-refractivity contribution < 1.29 is 14.6 Å². The lowest BCUT2D eigenvalue weighted by molar-refractivity contribution is -0.121. The fraction of sp³-hybridized carbons (Fsp3) is 0.462. The third-order valence-electron chi connectivity index (χ3n) is 2.65. The summed E-state index contributed by atoms with van der Waals surface area (Å²) in [4.78, 5) is 11.5. The third-order valence-corrected chi connectivity index (χ3v) is 2.65. The molecule has 0 heterocycles. The highest BCUT2D eigenvalue weighted by atomic mass is 16.5. The van der Waals surface area contributed by atoms with Crippen molar-refractivity contribution in [1.82, 2.24) is 5.32 Å². The Morgan fingerprint density at radius 1 is 1.47 bits per heavy atom. The van der Waals surface area contributed by atoms with Crippen LogP contribution in [-0.2, 0) is 16.1 Å². The number of carbonyl (C=O) groups is 1. The normalized spacial score (nSPS) is 12.1. The number of nitrogens with one attached hydrogen (secondary N) is 1. The monoisotopic (exact) mass is 237 g/mol. The predicted molar refractivity (Wildman–Crippen MR) is 65.7 cm³/mol. The molecule has 0 aliphatic carbocycles. The van der Waals surface area contributed by atoms with Gasteiger partial charge in [-0.05, 0) is 19.4 Å². The Labute approximate surface area is 102 Å². The Balaban J connectivity index is 2.31. The first kappa shape index (κ1) is 13.5. The summed E-state index contributed by atoms with van der Waals surface area (Å²) < 4.78 is 5.06. The van der Waals surface area contributed by atoms with Gasteiger partial charge >= 0.3 is 0 Å². The summed E-state index contributed by atoms with van der Waals surface area (Å²) in [5, 5.41) is 12.3. The molecule has 0 aliphatic heterocycles. The zero-order valence-electron chi connectivity index (χ0n) is 10.3. The lowest BCUT2D eigenvalue weighted by Gasteiger charge is -2.10. The third kappa shape index (κ3) is 4.87. The standard InChI is InChI=1S/C13H19NO3/c1-10(17-2)7-8-13(16)14-9-11-5-3-4-6-12(11)15/h3-6,10,15H,7-9H2,1-2H3,(H,14,16). The fourth-order valence-electron chi connectivity index (χ4n) is 1.39. The maximum atomic E-state index is 11.5.